The number of hydrogen-bond donors (Lipinski definition) is 0. The summed E-state index contributed by atoms with van der Waals surface area (Å²) in [7, 11) is 0. The number of carbonyl (C=O) groups excluding carboxylic acids is 1. The smallest absolute Gasteiger partial charge is 0.410 e. The van der Waals surface area contributed by atoms with Crippen LogP contribution in [0.5, 0.6) is 5.75 Å². The van der Waals surface area contributed by atoms with Crippen LogP contribution in [-0.2, 0) is 0 Å². The highest BCUT2D eigenvalue weighted by Crippen LogP contribution is 2.33. The van der Waals surface area contributed by atoms with E-state index < -0.39 is 0 Å². The van der Waals surface area contributed by atoms with E-state index in [1.165, 1.54) is 5.39 Å². The van der Waals surface area contributed by atoms with Gasteiger partial charge < -0.3 is 9.64 Å². The molecule has 112 valence electrons. The van der Waals surface area contributed by atoms with Crippen molar-refractivity contribution in [3.8, 4) is 5.75 Å². The van der Waals surface area contributed by atoms with Crippen LogP contribution in [0, 0.1) is 0 Å². The third-order valence-electron chi connectivity index (χ3n) is 3.95. The van der Waals surface area contributed by atoms with Gasteiger partial charge in [-0.3, -0.25) is 0 Å². The van der Waals surface area contributed by atoms with Crippen molar-refractivity contribution in [2.75, 3.05) is 13.1 Å². The highest BCUT2D eigenvalue weighted by Gasteiger charge is 2.15. The predicted octanol–water partition coefficient (Wildman–Crippen LogP) is 4.83. The molecule has 0 spiro atoms. The standard InChI is InChI=1S/C19H19NO2/c1-3-20(4-2)19(21)22-18-13-14-9-5-6-10-15(14)16-11-7-8-12-17(16)18/h5-13H,3-4H2,1-2H3. The van der Waals surface area contributed by atoms with Crippen LogP contribution in [0.3, 0.4) is 0 Å². The molecule has 0 saturated carbocycles. The minimum atomic E-state index is -0.301. The molecule has 0 saturated heterocycles. The van der Waals surface area contributed by atoms with Crippen molar-refractivity contribution >= 4 is 27.6 Å². The summed E-state index contributed by atoms with van der Waals surface area (Å²) in [6, 6.07) is 18.1. The largest absolute Gasteiger partial charge is 0.415 e. The molecule has 0 radical (unpaired) electrons. The van der Waals surface area contributed by atoms with E-state index in [0.29, 0.717) is 18.8 Å². The molecule has 0 aliphatic rings. The van der Waals surface area contributed by atoms with E-state index in [1.54, 1.807) is 4.90 Å². The van der Waals surface area contributed by atoms with Gasteiger partial charge in [0, 0.05) is 18.5 Å². The Kier molecular flexibility index (Phi) is 3.96. The molecule has 3 aromatic carbocycles. The number of nitrogens with zero attached hydrogens (tertiary/aromatic N) is 1. The molecular formula is C19H19NO2. The zero-order chi connectivity index (χ0) is 15.5. The molecule has 0 N–H and O–H groups in total. The number of fused-ring (bicyclic) bond motifs is 3. The Balaban J connectivity index is 2.13. The number of carbonyl (C=O) groups is 1. The van der Waals surface area contributed by atoms with Gasteiger partial charge in [-0.05, 0) is 36.1 Å². The van der Waals surface area contributed by atoms with Gasteiger partial charge in [-0.15, -0.1) is 0 Å². The molecule has 0 atom stereocenters. The lowest BCUT2D eigenvalue weighted by molar-refractivity contribution is 0.158. The van der Waals surface area contributed by atoms with Crippen LogP contribution in [0.4, 0.5) is 4.79 Å². The number of benzene rings is 3. The summed E-state index contributed by atoms with van der Waals surface area (Å²) in [4.78, 5) is 13.9. The van der Waals surface area contributed by atoms with Gasteiger partial charge in [0.1, 0.15) is 5.75 Å². The summed E-state index contributed by atoms with van der Waals surface area (Å²) in [5, 5.41) is 4.30. The van der Waals surface area contributed by atoms with E-state index >= 15 is 0 Å². The van der Waals surface area contributed by atoms with Crippen LogP contribution in [0.2, 0.25) is 0 Å². The normalized spacial score (nSPS) is 10.8. The lowest BCUT2D eigenvalue weighted by Gasteiger charge is -2.19. The number of rotatable bonds is 3. The lowest BCUT2D eigenvalue weighted by Crippen LogP contribution is -2.33. The summed E-state index contributed by atoms with van der Waals surface area (Å²) in [6.45, 7) is 5.17. The van der Waals surface area contributed by atoms with Crippen LogP contribution < -0.4 is 4.74 Å². The molecule has 0 aliphatic heterocycles. The molecule has 0 bridgehead atoms. The van der Waals surface area contributed by atoms with Gasteiger partial charge >= 0.3 is 6.09 Å². The van der Waals surface area contributed by atoms with Gasteiger partial charge in [0.25, 0.3) is 0 Å². The molecule has 0 unspecified atom stereocenters. The summed E-state index contributed by atoms with van der Waals surface area (Å²) in [5.74, 6) is 0.617. The van der Waals surface area contributed by atoms with E-state index in [9.17, 15) is 4.79 Å². The van der Waals surface area contributed by atoms with Crippen LogP contribution in [-0.4, -0.2) is 24.1 Å². The van der Waals surface area contributed by atoms with Gasteiger partial charge in [-0.25, -0.2) is 4.79 Å². The van der Waals surface area contributed by atoms with Gasteiger partial charge in [0.05, 0.1) is 0 Å². The maximum absolute atomic E-state index is 12.3. The van der Waals surface area contributed by atoms with Crippen LogP contribution >= 0.6 is 0 Å². The first-order valence-electron chi connectivity index (χ1n) is 7.61. The zero-order valence-corrected chi connectivity index (χ0v) is 12.9. The molecule has 3 nitrogen and oxygen atoms in total. The second-order valence-corrected chi connectivity index (χ2v) is 5.18. The summed E-state index contributed by atoms with van der Waals surface area (Å²) in [5.41, 5.74) is 0. The number of amides is 1. The Labute approximate surface area is 130 Å². The Morgan fingerprint density at radius 3 is 2.18 bits per heavy atom. The minimum Gasteiger partial charge on any atom is -0.410 e. The molecule has 1 amide bonds. The SMILES string of the molecule is CCN(CC)C(=O)Oc1cc2ccccc2c2ccccc12. The lowest BCUT2D eigenvalue weighted by atomic mass is 10.0. The number of hydrogen-bond acceptors (Lipinski definition) is 2. The second-order valence-electron chi connectivity index (χ2n) is 5.18. The Morgan fingerprint density at radius 1 is 0.909 bits per heavy atom. The zero-order valence-electron chi connectivity index (χ0n) is 12.9. The maximum Gasteiger partial charge on any atom is 0.415 e. The van der Waals surface area contributed by atoms with Crippen molar-refractivity contribution in [2.24, 2.45) is 0 Å². The van der Waals surface area contributed by atoms with Crippen LogP contribution in [0.25, 0.3) is 21.5 Å². The fourth-order valence-electron chi connectivity index (χ4n) is 2.74. The Morgan fingerprint density at radius 2 is 1.50 bits per heavy atom. The molecule has 3 aromatic rings. The van der Waals surface area contributed by atoms with E-state index in [4.69, 9.17) is 4.74 Å². The first kappa shape index (κ1) is 14.4. The molecule has 0 aromatic heterocycles. The Hall–Kier alpha value is -2.55. The van der Waals surface area contributed by atoms with Crippen molar-refractivity contribution in [1.82, 2.24) is 4.90 Å². The maximum atomic E-state index is 12.3. The van der Waals surface area contributed by atoms with Gasteiger partial charge in [0.2, 0.25) is 0 Å². The Bertz CT molecular complexity index is 822. The predicted molar refractivity (Wildman–Crippen MR) is 90.4 cm³/mol. The van der Waals surface area contributed by atoms with Crippen molar-refractivity contribution in [3.05, 3.63) is 54.6 Å². The van der Waals surface area contributed by atoms with Gasteiger partial charge in [-0.2, -0.15) is 0 Å². The number of ether oxygens (including phenoxy) is 1. The first-order valence-corrected chi connectivity index (χ1v) is 7.61. The summed E-state index contributed by atoms with van der Waals surface area (Å²) >= 11 is 0. The fourth-order valence-corrected chi connectivity index (χ4v) is 2.74. The molecule has 22 heavy (non-hydrogen) atoms. The average Bonchev–Trinajstić information content (AvgIpc) is 2.56. The first-order chi connectivity index (χ1) is 10.7. The molecule has 3 rings (SSSR count). The third-order valence-corrected chi connectivity index (χ3v) is 3.95. The average molecular weight is 293 g/mol. The molecule has 3 heteroatoms. The van der Waals surface area contributed by atoms with E-state index in [-0.39, 0.29) is 6.09 Å². The quantitative estimate of drug-likeness (QED) is 0.647. The third kappa shape index (κ3) is 2.50. The summed E-state index contributed by atoms with van der Waals surface area (Å²) < 4.78 is 5.67. The molecular weight excluding hydrogens is 274 g/mol. The fraction of sp³-hybridized carbons (Fsp3) is 0.211. The molecule has 0 fully saturated rings. The van der Waals surface area contributed by atoms with Crippen molar-refractivity contribution in [3.63, 3.8) is 0 Å². The van der Waals surface area contributed by atoms with E-state index in [2.05, 4.69) is 12.1 Å². The van der Waals surface area contributed by atoms with Crippen molar-refractivity contribution < 1.29 is 9.53 Å². The van der Waals surface area contributed by atoms with Crippen LogP contribution in [0.1, 0.15) is 13.8 Å². The van der Waals surface area contributed by atoms with E-state index in [0.717, 1.165) is 16.2 Å². The molecule has 0 aliphatic carbocycles. The van der Waals surface area contributed by atoms with E-state index in [1.807, 2.05) is 56.3 Å². The highest BCUT2D eigenvalue weighted by atomic mass is 16.6. The van der Waals surface area contributed by atoms with Gasteiger partial charge in [-0.1, -0.05) is 48.5 Å². The van der Waals surface area contributed by atoms with Crippen molar-refractivity contribution in [1.29, 1.82) is 0 Å². The highest BCUT2D eigenvalue weighted by molar-refractivity contribution is 6.10. The topological polar surface area (TPSA) is 29.5 Å². The minimum absolute atomic E-state index is 0.301. The summed E-state index contributed by atoms with van der Waals surface area (Å²) in [6.07, 6.45) is -0.301. The van der Waals surface area contributed by atoms with Crippen LogP contribution in [0.15, 0.2) is 54.6 Å². The monoisotopic (exact) mass is 293 g/mol. The second kappa shape index (κ2) is 6.06. The van der Waals surface area contributed by atoms with Gasteiger partial charge in [0.15, 0.2) is 0 Å². The van der Waals surface area contributed by atoms with Crippen molar-refractivity contribution in [2.45, 2.75) is 13.8 Å². The molecule has 0 heterocycles.